The second kappa shape index (κ2) is 23.1. The molecule has 0 aliphatic rings. The lowest BCUT2D eigenvalue weighted by molar-refractivity contribution is -0.152. The monoisotopic (exact) mass is 490 g/mol. The summed E-state index contributed by atoms with van der Waals surface area (Å²) in [4.78, 5) is 24.4. The first-order valence-corrected chi connectivity index (χ1v) is 13.7. The van der Waals surface area contributed by atoms with E-state index in [9.17, 15) is 9.59 Å². The van der Waals surface area contributed by atoms with Crippen LogP contribution < -0.4 is 0 Å². The highest BCUT2D eigenvalue weighted by atomic mass is 79.9. The Morgan fingerprint density at radius 2 is 1.20 bits per heavy atom. The van der Waals surface area contributed by atoms with Gasteiger partial charge in [-0.2, -0.15) is 0 Å². The van der Waals surface area contributed by atoms with Gasteiger partial charge in [0.2, 0.25) is 0 Å². The van der Waals surface area contributed by atoms with E-state index in [0.717, 1.165) is 56.7 Å². The highest BCUT2D eigenvalue weighted by Crippen LogP contribution is 2.20. The zero-order valence-corrected chi connectivity index (χ0v) is 21.3. The molecule has 0 amide bonds. The van der Waals surface area contributed by atoms with E-state index in [-0.39, 0.29) is 30.9 Å². The lowest BCUT2D eigenvalue weighted by Crippen LogP contribution is -2.20. The second-order valence-corrected chi connectivity index (χ2v) is 9.14. The molecule has 0 unspecified atom stereocenters. The zero-order chi connectivity index (χ0) is 22.3. The van der Waals surface area contributed by atoms with Gasteiger partial charge in [0.25, 0.3) is 0 Å². The van der Waals surface area contributed by atoms with Crippen LogP contribution in [0.15, 0.2) is 0 Å². The molecule has 0 aromatic heterocycles. The predicted molar refractivity (Wildman–Crippen MR) is 129 cm³/mol. The molecule has 0 aromatic rings. The molecule has 0 fully saturated rings. The van der Waals surface area contributed by atoms with Crippen LogP contribution in [-0.4, -0.2) is 30.5 Å². The number of alkyl halides is 1. The standard InChI is InChI=1S/C25H47BrO4/c1-3-5-7-9-13-17-23(18-14-10-8-6-4-2)25(28)30-22-19-24(27)29-21-16-12-11-15-20-26/h23H,3-22H2,1-2H3. The van der Waals surface area contributed by atoms with Gasteiger partial charge in [-0.15, -0.1) is 0 Å². The van der Waals surface area contributed by atoms with E-state index in [1.54, 1.807) is 0 Å². The molecule has 0 heterocycles. The van der Waals surface area contributed by atoms with Gasteiger partial charge in [0.15, 0.2) is 0 Å². The van der Waals surface area contributed by atoms with E-state index in [0.29, 0.717) is 6.61 Å². The van der Waals surface area contributed by atoms with Crippen LogP contribution in [0, 0.1) is 5.92 Å². The van der Waals surface area contributed by atoms with Crippen molar-refractivity contribution in [3.63, 3.8) is 0 Å². The fraction of sp³-hybridized carbons (Fsp3) is 0.920. The summed E-state index contributed by atoms with van der Waals surface area (Å²) in [6.07, 6.45) is 18.3. The molecule has 0 saturated carbocycles. The maximum atomic E-state index is 12.5. The molecule has 4 nitrogen and oxygen atoms in total. The van der Waals surface area contributed by atoms with Crippen molar-refractivity contribution in [1.82, 2.24) is 0 Å². The van der Waals surface area contributed by atoms with Crippen LogP contribution in [0.25, 0.3) is 0 Å². The molecule has 0 saturated heterocycles. The predicted octanol–water partition coefficient (Wildman–Crippen LogP) is 7.76. The zero-order valence-electron chi connectivity index (χ0n) is 19.7. The summed E-state index contributed by atoms with van der Waals surface area (Å²) >= 11 is 3.41. The Labute approximate surface area is 194 Å². The average molecular weight is 492 g/mol. The van der Waals surface area contributed by atoms with Gasteiger partial charge in [0.05, 0.1) is 18.9 Å². The molecule has 0 spiro atoms. The Bertz CT molecular complexity index is 387. The Kier molecular flexibility index (Phi) is 22.6. The van der Waals surface area contributed by atoms with Crippen LogP contribution in [0.2, 0.25) is 0 Å². The van der Waals surface area contributed by atoms with Crippen molar-refractivity contribution in [1.29, 1.82) is 0 Å². The Morgan fingerprint density at radius 1 is 0.667 bits per heavy atom. The summed E-state index contributed by atoms with van der Waals surface area (Å²) in [5.74, 6) is -0.402. The summed E-state index contributed by atoms with van der Waals surface area (Å²) in [6.45, 7) is 5.04. The number of hydrogen-bond acceptors (Lipinski definition) is 4. The molecule has 0 aliphatic carbocycles. The lowest BCUT2D eigenvalue weighted by atomic mass is 9.94. The average Bonchev–Trinajstić information content (AvgIpc) is 2.74. The van der Waals surface area contributed by atoms with Crippen LogP contribution in [0.4, 0.5) is 0 Å². The summed E-state index contributed by atoms with van der Waals surface area (Å²) < 4.78 is 10.7. The third-order valence-electron chi connectivity index (χ3n) is 5.49. The van der Waals surface area contributed by atoms with Gasteiger partial charge in [-0.1, -0.05) is 107 Å². The van der Waals surface area contributed by atoms with Crippen molar-refractivity contribution in [2.45, 2.75) is 123 Å². The van der Waals surface area contributed by atoms with Crippen molar-refractivity contribution in [3.8, 4) is 0 Å². The van der Waals surface area contributed by atoms with Gasteiger partial charge in [-0.3, -0.25) is 9.59 Å². The largest absolute Gasteiger partial charge is 0.466 e. The summed E-state index contributed by atoms with van der Waals surface area (Å²) in [5.41, 5.74) is 0. The molecule has 0 aromatic carbocycles. The highest BCUT2D eigenvalue weighted by Gasteiger charge is 2.19. The van der Waals surface area contributed by atoms with Crippen LogP contribution in [0.3, 0.4) is 0 Å². The van der Waals surface area contributed by atoms with E-state index >= 15 is 0 Å². The van der Waals surface area contributed by atoms with E-state index in [4.69, 9.17) is 9.47 Å². The normalized spacial score (nSPS) is 11.1. The number of halogens is 1. The van der Waals surface area contributed by atoms with Crippen LogP contribution >= 0.6 is 15.9 Å². The minimum atomic E-state index is -0.265. The summed E-state index contributed by atoms with van der Waals surface area (Å²) in [7, 11) is 0. The topological polar surface area (TPSA) is 52.6 Å². The maximum Gasteiger partial charge on any atom is 0.309 e. The number of ether oxygens (including phenoxy) is 2. The van der Waals surface area contributed by atoms with Crippen LogP contribution in [-0.2, 0) is 19.1 Å². The number of carbonyl (C=O) groups excluding carboxylic acids is 2. The number of carbonyl (C=O) groups is 2. The third kappa shape index (κ3) is 19.4. The second-order valence-electron chi connectivity index (χ2n) is 8.34. The van der Waals surface area contributed by atoms with Crippen LogP contribution in [0.5, 0.6) is 0 Å². The Morgan fingerprint density at radius 3 is 1.77 bits per heavy atom. The van der Waals surface area contributed by atoms with E-state index in [1.807, 2.05) is 0 Å². The molecule has 178 valence electrons. The van der Waals surface area contributed by atoms with Gasteiger partial charge in [-0.25, -0.2) is 0 Å². The molecule has 0 atom stereocenters. The number of esters is 2. The molecule has 0 bridgehead atoms. The van der Waals surface area contributed by atoms with E-state index in [2.05, 4.69) is 29.8 Å². The lowest BCUT2D eigenvalue weighted by Gasteiger charge is -2.16. The molecular weight excluding hydrogens is 444 g/mol. The van der Waals surface area contributed by atoms with Gasteiger partial charge < -0.3 is 9.47 Å². The first-order chi connectivity index (χ1) is 14.7. The van der Waals surface area contributed by atoms with Crippen molar-refractivity contribution < 1.29 is 19.1 Å². The fourth-order valence-electron chi connectivity index (χ4n) is 3.53. The quantitative estimate of drug-likeness (QED) is 0.0882. The Balaban J connectivity index is 4.06. The first-order valence-electron chi connectivity index (χ1n) is 12.5. The van der Waals surface area contributed by atoms with Crippen molar-refractivity contribution in [2.24, 2.45) is 5.92 Å². The molecule has 0 aliphatic heterocycles. The van der Waals surface area contributed by atoms with Gasteiger partial charge in [0.1, 0.15) is 6.61 Å². The minimum absolute atomic E-state index is 0.0151. The van der Waals surface area contributed by atoms with Crippen molar-refractivity contribution in [3.05, 3.63) is 0 Å². The molecule has 0 N–H and O–H groups in total. The number of rotatable bonds is 22. The fourth-order valence-corrected chi connectivity index (χ4v) is 3.93. The van der Waals surface area contributed by atoms with Gasteiger partial charge in [0, 0.05) is 5.33 Å². The number of hydrogen-bond donors (Lipinski definition) is 0. The smallest absolute Gasteiger partial charge is 0.309 e. The molecule has 30 heavy (non-hydrogen) atoms. The number of unbranched alkanes of at least 4 members (excludes halogenated alkanes) is 11. The molecule has 0 radical (unpaired) electrons. The van der Waals surface area contributed by atoms with E-state index < -0.39 is 0 Å². The van der Waals surface area contributed by atoms with Gasteiger partial charge >= 0.3 is 11.9 Å². The maximum absolute atomic E-state index is 12.5. The molecule has 5 heteroatoms. The Hall–Kier alpha value is -0.580. The first kappa shape index (κ1) is 29.4. The molecular formula is C25H47BrO4. The third-order valence-corrected chi connectivity index (χ3v) is 6.05. The summed E-state index contributed by atoms with van der Waals surface area (Å²) in [6, 6.07) is 0. The minimum Gasteiger partial charge on any atom is -0.466 e. The summed E-state index contributed by atoms with van der Waals surface area (Å²) in [5, 5.41) is 1.02. The van der Waals surface area contributed by atoms with Crippen LogP contribution in [0.1, 0.15) is 123 Å². The van der Waals surface area contributed by atoms with Crippen molar-refractivity contribution in [2.75, 3.05) is 18.5 Å². The van der Waals surface area contributed by atoms with Crippen molar-refractivity contribution >= 4 is 27.9 Å². The SMILES string of the molecule is CCCCCCCC(CCCCCCC)C(=O)OCCC(=O)OCCCCCCBr. The van der Waals surface area contributed by atoms with E-state index in [1.165, 1.54) is 51.4 Å². The molecule has 0 rings (SSSR count). The van der Waals surface area contributed by atoms with Gasteiger partial charge in [-0.05, 0) is 25.7 Å². The highest BCUT2D eigenvalue weighted by molar-refractivity contribution is 9.09.